The first-order chi connectivity index (χ1) is 10.3. The first-order valence-electron chi connectivity index (χ1n) is 6.22. The van der Waals surface area contributed by atoms with Gasteiger partial charge in [0, 0.05) is 6.61 Å². The summed E-state index contributed by atoms with van der Waals surface area (Å²) in [5.74, 6) is -2.41. The van der Waals surface area contributed by atoms with Gasteiger partial charge in [0.25, 0.3) is 0 Å². The standard InChI is InChI=1S/C13H10Cl4O5/c14-8-6(12(18)19)7(9(15)11(17)10(8)16)13(20)22-4-5-2-1-3-21-5/h5H,1-4H2,(H,18,19)/t5-/m1/s1. The summed E-state index contributed by atoms with van der Waals surface area (Å²) in [4.78, 5) is 23.5. The van der Waals surface area contributed by atoms with E-state index in [1.165, 1.54) is 0 Å². The second-order valence-electron chi connectivity index (χ2n) is 4.54. The zero-order valence-electron chi connectivity index (χ0n) is 11.0. The molecule has 1 heterocycles. The van der Waals surface area contributed by atoms with E-state index in [-0.39, 0.29) is 32.8 Å². The fourth-order valence-electron chi connectivity index (χ4n) is 2.04. The van der Waals surface area contributed by atoms with Gasteiger partial charge in [0.15, 0.2) is 0 Å². The number of carbonyl (C=O) groups is 2. The molecule has 0 radical (unpaired) electrons. The third-order valence-corrected chi connectivity index (χ3v) is 4.91. The maximum Gasteiger partial charge on any atom is 0.340 e. The Kier molecular flexibility index (Phi) is 5.80. The predicted molar refractivity (Wildman–Crippen MR) is 82.7 cm³/mol. The molecule has 1 aliphatic rings. The average molecular weight is 388 g/mol. The molecule has 22 heavy (non-hydrogen) atoms. The van der Waals surface area contributed by atoms with Crippen molar-refractivity contribution in [2.24, 2.45) is 0 Å². The molecular formula is C13H10Cl4O5. The Hall–Kier alpha value is -0.720. The Morgan fingerprint density at radius 1 is 1.09 bits per heavy atom. The number of rotatable bonds is 4. The van der Waals surface area contributed by atoms with E-state index in [1.54, 1.807) is 0 Å². The number of aromatic carboxylic acids is 1. The number of carboxylic acids is 1. The van der Waals surface area contributed by atoms with Crippen molar-refractivity contribution in [3.8, 4) is 0 Å². The van der Waals surface area contributed by atoms with Crippen molar-refractivity contribution in [1.82, 2.24) is 0 Å². The minimum Gasteiger partial charge on any atom is -0.478 e. The molecule has 0 aliphatic carbocycles. The van der Waals surface area contributed by atoms with Crippen molar-refractivity contribution < 1.29 is 24.2 Å². The average Bonchev–Trinajstić information content (AvgIpc) is 2.99. The highest BCUT2D eigenvalue weighted by Crippen LogP contribution is 2.41. The van der Waals surface area contributed by atoms with Gasteiger partial charge >= 0.3 is 11.9 Å². The van der Waals surface area contributed by atoms with Crippen molar-refractivity contribution in [3.63, 3.8) is 0 Å². The van der Waals surface area contributed by atoms with E-state index in [1.807, 2.05) is 0 Å². The Morgan fingerprint density at radius 3 is 2.18 bits per heavy atom. The Labute approximate surface area is 146 Å². The van der Waals surface area contributed by atoms with E-state index in [0.29, 0.717) is 6.61 Å². The van der Waals surface area contributed by atoms with Crippen molar-refractivity contribution in [3.05, 3.63) is 31.2 Å². The van der Waals surface area contributed by atoms with Crippen LogP contribution < -0.4 is 0 Å². The Morgan fingerprint density at radius 2 is 1.68 bits per heavy atom. The zero-order chi connectivity index (χ0) is 16.4. The number of benzene rings is 1. The van der Waals surface area contributed by atoms with Crippen LogP contribution in [0.5, 0.6) is 0 Å². The molecule has 1 aromatic rings. The second-order valence-corrected chi connectivity index (χ2v) is 6.06. The van der Waals surface area contributed by atoms with Crippen LogP contribution in [0.1, 0.15) is 33.6 Å². The van der Waals surface area contributed by atoms with Crippen LogP contribution >= 0.6 is 46.4 Å². The molecule has 5 nitrogen and oxygen atoms in total. The number of carboxylic acid groups (broad SMARTS) is 1. The fraction of sp³-hybridized carbons (Fsp3) is 0.385. The van der Waals surface area contributed by atoms with Crippen LogP contribution in [0.25, 0.3) is 0 Å². The van der Waals surface area contributed by atoms with Crippen molar-refractivity contribution in [1.29, 1.82) is 0 Å². The lowest BCUT2D eigenvalue weighted by Gasteiger charge is -2.15. The predicted octanol–water partition coefficient (Wildman–Crippen LogP) is 4.33. The van der Waals surface area contributed by atoms with Crippen LogP contribution in [0.15, 0.2) is 0 Å². The Bertz CT molecular complexity index is 626. The molecule has 120 valence electrons. The number of esters is 1. The van der Waals surface area contributed by atoms with Gasteiger partial charge in [0.2, 0.25) is 0 Å². The first-order valence-corrected chi connectivity index (χ1v) is 7.73. The summed E-state index contributed by atoms with van der Waals surface area (Å²) in [6.45, 7) is 0.591. The monoisotopic (exact) mass is 386 g/mol. The maximum atomic E-state index is 12.2. The molecule has 0 amide bonds. The van der Waals surface area contributed by atoms with Gasteiger partial charge < -0.3 is 14.6 Å². The van der Waals surface area contributed by atoms with Gasteiger partial charge in [-0.05, 0) is 12.8 Å². The number of ether oxygens (including phenoxy) is 2. The summed E-state index contributed by atoms with van der Waals surface area (Å²) in [5.41, 5.74) is -0.968. The van der Waals surface area contributed by atoms with E-state index >= 15 is 0 Å². The molecule has 1 N–H and O–H groups in total. The number of halogens is 4. The summed E-state index contributed by atoms with van der Waals surface area (Å²) in [7, 11) is 0. The quantitative estimate of drug-likeness (QED) is 0.472. The van der Waals surface area contributed by atoms with Gasteiger partial charge in [-0.2, -0.15) is 0 Å². The topological polar surface area (TPSA) is 72.8 Å². The lowest BCUT2D eigenvalue weighted by Crippen LogP contribution is -2.20. The minimum atomic E-state index is -1.46. The van der Waals surface area contributed by atoms with Crippen LogP contribution in [-0.4, -0.2) is 36.4 Å². The normalized spacial score (nSPS) is 17.5. The third kappa shape index (κ3) is 3.44. The summed E-state index contributed by atoms with van der Waals surface area (Å²) >= 11 is 23.5. The van der Waals surface area contributed by atoms with Crippen LogP contribution in [0.4, 0.5) is 0 Å². The van der Waals surface area contributed by atoms with E-state index in [2.05, 4.69) is 0 Å². The van der Waals surface area contributed by atoms with E-state index in [0.717, 1.165) is 12.8 Å². The van der Waals surface area contributed by atoms with Gasteiger partial charge in [0.05, 0.1) is 37.3 Å². The number of hydrogen-bond acceptors (Lipinski definition) is 4. The second kappa shape index (κ2) is 7.23. The molecule has 1 fully saturated rings. The van der Waals surface area contributed by atoms with Crippen LogP contribution in [0, 0.1) is 0 Å². The molecule has 1 saturated heterocycles. The summed E-state index contributed by atoms with van der Waals surface area (Å²) in [5, 5.41) is 8.11. The lowest BCUT2D eigenvalue weighted by atomic mass is 10.1. The zero-order valence-corrected chi connectivity index (χ0v) is 14.0. The summed E-state index contributed by atoms with van der Waals surface area (Å²) in [6.07, 6.45) is 1.42. The highest BCUT2D eigenvalue weighted by Gasteiger charge is 2.30. The molecule has 0 aromatic heterocycles. The van der Waals surface area contributed by atoms with Crippen LogP contribution in [0.2, 0.25) is 20.1 Å². The molecule has 0 bridgehead atoms. The molecular weight excluding hydrogens is 378 g/mol. The smallest absolute Gasteiger partial charge is 0.340 e. The number of carbonyl (C=O) groups excluding carboxylic acids is 1. The lowest BCUT2D eigenvalue weighted by molar-refractivity contribution is 0.0159. The van der Waals surface area contributed by atoms with Gasteiger partial charge in [-0.25, -0.2) is 9.59 Å². The summed E-state index contributed by atoms with van der Waals surface area (Å²) in [6, 6.07) is 0. The third-order valence-electron chi connectivity index (χ3n) is 3.11. The van der Waals surface area contributed by atoms with Gasteiger partial charge in [-0.15, -0.1) is 0 Å². The van der Waals surface area contributed by atoms with Crippen LogP contribution in [0.3, 0.4) is 0 Å². The molecule has 1 atom stereocenters. The van der Waals surface area contributed by atoms with Gasteiger partial charge in [-0.1, -0.05) is 46.4 Å². The van der Waals surface area contributed by atoms with Gasteiger partial charge in [-0.3, -0.25) is 0 Å². The van der Waals surface area contributed by atoms with Gasteiger partial charge in [0.1, 0.15) is 6.61 Å². The largest absolute Gasteiger partial charge is 0.478 e. The molecule has 1 aliphatic heterocycles. The summed E-state index contributed by atoms with van der Waals surface area (Å²) < 4.78 is 10.4. The van der Waals surface area contributed by atoms with E-state index < -0.39 is 23.1 Å². The van der Waals surface area contributed by atoms with E-state index in [9.17, 15) is 14.7 Å². The Balaban J connectivity index is 2.35. The molecule has 0 spiro atoms. The fourth-order valence-corrected chi connectivity index (χ4v) is 3.05. The molecule has 0 unspecified atom stereocenters. The highest BCUT2D eigenvalue weighted by atomic mass is 35.5. The van der Waals surface area contributed by atoms with Crippen molar-refractivity contribution in [2.45, 2.75) is 18.9 Å². The maximum absolute atomic E-state index is 12.2. The highest BCUT2D eigenvalue weighted by molar-refractivity contribution is 6.54. The first kappa shape index (κ1) is 17.6. The molecule has 9 heteroatoms. The van der Waals surface area contributed by atoms with Crippen molar-refractivity contribution >= 4 is 58.3 Å². The minimum absolute atomic E-state index is 0.00785. The number of hydrogen-bond donors (Lipinski definition) is 1. The van der Waals surface area contributed by atoms with Crippen LogP contribution in [-0.2, 0) is 9.47 Å². The van der Waals surface area contributed by atoms with Crippen molar-refractivity contribution in [2.75, 3.05) is 13.2 Å². The SMILES string of the molecule is O=C(O)c1c(Cl)c(Cl)c(Cl)c(Cl)c1C(=O)OC[C@H]1CCCO1. The van der Waals surface area contributed by atoms with E-state index in [4.69, 9.17) is 55.9 Å². The molecule has 0 saturated carbocycles. The molecule has 2 rings (SSSR count). The molecule has 1 aromatic carbocycles.